The third-order valence-corrected chi connectivity index (χ3v) is 5.08. The van der Waals surface area contributed by atoms with E-state index in [-0.39, 0.29) is 22.8 Å². The largest absolute Gasteiger partial charge is 0.497 e. The maximum absolute atomic E-state index is 12.6. The molecule has 3 aromatic rings. The van der Waals surface area contributed by atoms with Crippen molar-refractivity contribution in [1.29, 1.82) is 0 Å². The topological polar surface area (TPSA) is 109 Å². The van der Waals surface area contributed by atoms with Crippen LogP contribution in [0, 0.1) is 17.0 Å². The van der Waals surface area contributed by atoms with Crippen molar-refractivity contribution >= 4 is 33.2 Å². The van der Waals surface area contributed by atoms with Crippen molar-refractivity contribution < 1.29 is 19.2 Å². The number of benzene rings is 2. The molecule has 9 nitrogen and oxygen atoms in total. The summed E-state index contributed by atoms with van der Waals surface area (Å²) in [6.45, 7) is 1.81. The van der Waals surface area contributed by atoms with Gasteiger partial charge in [0.15, 0.2) is 5.69 Å². The van der Waals surface area contributed by atoms with Gasteiger partial charge in [-0.1, -0.05) is 0 Å². The quantitative estimate of drug-likeness (QED) is 0.429. The number of hydrogen-bond donors (Lipinski definition) is 1. The fourth-order valence-electron chi connectivity index (χ4n) is 2.52. The number of ether oxygens (including phenoxy) is 2. The molecule has 0 radical (unpaired) electrons. The Morgan fingerprint density at radius 1 is 1.17 bits per heavy atom. The third-order valence-electron chi connectivity index (χ3n) is 4.13. The van der Waals surface area contributed by atoms with Gasteiger partial charge in [0, 0.05) is 19.2 Å². The minimum atomic E-state index is -0.558. The highest BCUT2D eigenvalue weighted by molar-refractivity contribution is 9.10. The number of amides is 1. The molecule has 0 aliphatic heterocycles. The van der Waals surface area contributed by atoms with Crippen LogP contribution in [0.5, 0.6) is 17.2 Å². The van der Waals surface area contributed by atoms with Crippen LogP contribution in [-0.4, -0.2) is 27.7 Å². The smallest absolute Gasteiger partial charge is 0.277 e. The highest BCUT2D eigenvalue weighted by Gasteiger charge is 2.19. The zero-order valence-electron chi connectivity index (χ0n) is 15.8. The van der Waals surface area contributed by atoms with Gasteiger partial charge in [-0.05, 0) is 47.1 Å². The number of non-ortho nitro benzene ring substituents is 1. The first-order valence-electron chi connectivity index (χ1n) is 8.40. The maximum atomic E-state index is 12.6. The molecule has 1 aromatic heterocycles. The molecule has 1 amide bonds. The van der Waals surface area contributed by atoms with Crippen LogP contribution >= 0.6 is 15.9 Å². The summed E-state index contributed by atoms with van der Waals surface area (Å²) in [5.41, 5.74) is 0.942. The molecule has 150 valence electrons. The first-order chi connectivity index (χ1) is 13.8. The minimum absolute atomic E-state index is 0.175. The molecule has 0 unspecified atom stereocenters. The summed E-state index contributed by atoms with van der Waals surface area (Å²) >= 11 is 3.34. The van der Waals surface area contributed by atoms with Gasteiger partial charge in [0.05, 0.1) is 34.0 Å². The van der Waals surface area contributed by atoms with Gasteiger partial charge in [-0.3, -0.25) is 19.6 Å². The van der Waals surface area contributed by atoms with E-state index in [4.69, 9.17) is 9.47 Å². The Hall–Kier alpha value is -3.40. The summed E-state index contributed by atoms with van der Waals surface area (Å²) in [5, 5.41) is 18.1. The molecule has 1 heterocycles. The minimum Gasteiger partial charge on any atom is -0.497 e. The molecular formula is C19H17BrN4O5. The molecule has 0 fully saturated rings. The molecular weight excluding hydrogens is 444 g/mol. The van der Waals surface area contributed by atoms with Crippen LogP contribution in [0.2, 0.25) is 0 Å². The lowest BCUT2D eigenvalue weighted by molar-refractivity contribution is -0.384. The van der Waals surface area contributed by atoms with Gasteiger partial charge >= 0.3 is 0 Å². The number of carbonyl (C=O) groups excluding carboxylic acids is 1. The molecule has 0 spiro atoms. The van der Waals surface area contributed by atoms with Gasteiger partial charge in [0.2, 0.25) is 0 Å². The number of halogens is 1. The molecule has 29 heavy (non-hydrogen) atoms. The highest BCUT2D eigenvalue weighted by Crippen LogP contribution is 2.31. The van der Waals surface area contributed by atoms with E-state index < -0.39 is 10.8 Å². The van der Waals surface area contributed by atoms with Crippen molar-refractivity contribution in [1.82, 2.24) is 9.78 Å². The van der Waals surface area contributed by atoms with Crippen LogP contribution in [0.25, 0.3) is 0 Å². The van der Waals surface area contributed by atoms with Crippen LogP contribution in [0.1, 0.15) is 16.2 Å². The van der Waals surface area contributed by atoms with E-state index in [0.29, 0.717) is 16.0 Å². The highest BCUT2D eigenvalue weighted by atomic mass is 79.9. The molecule has 3 rings (SSSR count). The third kappa shape index (κ3) is 4.54. The van der Waals surface area contributed by atoms with Crippen molar-refractivity contribution in [2.45, 2.75) is 6.92 Å². The zero-order chi connectivity index (χ0) is 21.1. The van der Waals surface area contributed by atoms with Gasteiger partial charge in [0.25, 0.3) is 11.6 Å². The van der Waals surface area contributed by atoms with E-state index in [0.717, 1.165) is 5.69 Å². The van der Waals surface area contributed by atoms with Crippen molar-refractivity contribution in [3.05, 3.63) is 68.4 Å². The van der Waals surface area contributed by atoms with Gasteiger partial charge in [0.1, 0.15) is 17.2 Å². The van der Waals surface area contributed by atoms with Crippen LogP contribution in [0.3, 0.4) is 0 Å². The standard InChI is InChI=1S/C19H17BrN4O5/c1-11-17(20)18(22-23(11)2)19(25)21-12-8-13(24(26)27)10-16(9-12)29-15-6-4-14(28-3)5-7-15/h4-10H,1-3H3,(H,21,25). The second-order valence-electron chi connectivity index (χ2n) is 6.08. The van der Waals surface area contributed by atoms with Crippen molar-refractivity contribution in [2.24, 2.45) is 7.05 Å². The van der Waals surface area contributed by atoms with Gasteiger partial charge in [-0.25, -0.2) is 0 Å². The monoisotopic (exact) mass is 460 g/mol. The average Bonchev–Trinajstić information content (AvgIpc) is 2.96. The molecule has 2 aromatic carbocycles. The normalized spacial score (nSPS) is 10.5. The lowest BCUT2D eigenvalue weighted by Crippen LogP contribution is -2.13. The fraction of sp³-hybridized carbons (Fsp3) is 0.158. The first-order valence-corrected chi connectivity index (χ1v) is 9.19. The van der Waals surface area contributed by atoms with Crippen LogP contribution < -0.4 is 14.8 Å². The molecule has 10 heteroatoms. The summed E-state index contributed by atoms with van der Waals surface area (Å²) < 4.78 is 12.9. The molecule has 0 saturated carbocycles. The van der Waals surface area contributed by atoms with Crippen LogP contribution in [-0.2, 0) is 7.05 Å². The predicted molar refractivity (Wildman–Crippen MR) is 110 cm³/mol. The number of aryl methyl sites for hydroxylation is 1. The number of nitrogens with zero attached hydrogens (tertiary/aromatic N) is 3. The van der Waals surface area contributed by atoms with E-state index in [2.05, 4.69) is 26.3 Å². The SMILES string of the molecule is COc1ccc(Oc2cc(NC(=O)c3nn(C)c(C)c3Br)cc([N+](=O)[O-])c2)cc1. The Kier molecular flexibility index (Phi) is 5.83. The second-order valence-corrected chi connectivity index (χ2v) is 6.87. The maximum Gasteiger partial charge on any atom is 0.277 e. The van der Waals surface area contributed by atoms with Crippen molar-refractivity contribution in [2.75, 3.05) is 12.4 Å². The lowest BCUT2D eigenvalue weighted by atomic mass is 10.2. The number of anilines is 1. The molecule has 0 saturated heterocycles. The Labute approximate surface area is 174 Å². The van der Waals surface area contributed by atoms with E-state index in [9.17, 15) is 14.9 Å². The summed E-state index contributed by atoms with van der Waals surface area (Å²) in [6.07, 6.45) is 0. The molecule has 0 aliphatic carbocycles. The van der Waals surface area contributed by atoms with Crippen molar-refractivity contribution in [3.8, 4) is 17.2 Å². The van der Waals surface area contributed by atoms with E-state index >= 15 is 0 Å². The number of nitro benzene ring substituents is 1. The summed E-state index contributed by atoms with van der Waals surface area (Å²) in [4.78, 5) is 23.3. The van der Waals surface area contributed by atoms with Crippen molar-refractivity contribution in [3.63, 3.8) is 0 Å². The van der Waals surface area contributed by atoms with Gasteiger partial charge in [-0.2, -0.15) is 5.10 Å². The van der Waals surface area contributed by atoms with E-state index in [1.807, 2.05) is 6.92 Å². The number of nitrogens with one attached hydrogen (secondary N) is 1. The predicted octanol–water partition coefficient (Wildman–Crippen LogP) is 4.45. The Bertz CT molecular complexity index is 1080. The molecule has 1 N–H and O–H groups in total. The summed E-state index contributed by atoms with van der Waals surface area (Å²) in [6, 6.07) is 10.8. The van der Waals surface area contributed by atoms with Gasteiger partial charge in [-0.15, -0.1) is 0 Å². The number of aromatic nitrogens is 2. The first kappa shape index (κ1) is 20.3. The Morgan fingerprint density at radius 3 is 2.38 bits per heavy atom. The lowest BCUT2D eigenvalue weighted by Gasteiger charge is -2.09. The van der Waals surface area contributed by atoms with E-state index in [1.54, 1.807) is 43.1 Å². The van der Waals surface area contributed by atoms with Gasteiger partial charge < -0.3 is 14.8 Å². The van der Waals surface area contributed by atoms with E-state index in [1.165, 1.54) is 18.2 Å². The number of hydrogen-bond acceptors (Lipinski definition) is 6. The number of carbonyl (C=O) groups is 1. The second kappa shape index (κ2) is 8.31. The number of rotatable bonds is 6. The molecule has 0 atom stereocenters. The average molecular weight is 461 g/mol. The van der Waals surface area contributed by atoms with Crippen LogP contribution in [0.15, 0.2) is 46.9 Å². The Balaban J connectivity index is 1.88. The fourth-order valence-corrected chi connectivity index (χ4v) is 3.03. The number of nitro groups is 1. The Morgan fingerprint density at radius 2 is 1.83 bits per heavy atom. The number of methoxy groups -OCH3 is 1. The summed E-state index contributed by atoms with van der Waals surface area (Å²) in [7, 11) is 3.26. The summed E-state index contributed by atoms with van der Waals surface area (Å²) in [5.74, 6) is 0.819. The molecule has 0 bridgehead atoms. The van der Waals surface area contributed by atoms with Crippen LogP contribution in [0.4, 0.5) is 11.4 Å². The zero-order valence-corrected chi connectivity index (χ0v) is 17.4. The molecule has 0 aliphatic rings.